The highest BCUT2D eigenvalue weighted by atomic mass is 35.5. The lowest BCUT2D eigenvalue weighted by Gasteiger charge is -2.31. The maximum atomic E-state index is 12.6. The van der Waals surface area contributed by atoms with E-state index in [2.05, 4.69) is 26.8 Å². The van der Waals surface area contributed by atoms with Crippen molar-refractivity contribution in [2.45, 2.75) is 37.1 Å². The number of nitrogens with zero attached hydrogens (tertiary/aromatic N) is 1. The molecule has 0 saturated carbocycles. The molecule has 4 rings (SSSR count). The lowest BCUT2D eigenvalue weighted by Crippen LogP contribution is -2.49. The zero-order valence-electron chi connectivity index (χ0n) is 19.5. The van der Waals surface area contributed by atoms with Crippen LogP contribution in [0.3, 0.4) is 0 Å². The van der Waals surface area contributed by atoms with E-state index in [-0.39, 0.29) is 4.90 Å². The Balaban J connectivity index is 1.19. The van der Waals surface area contributed by atoms with Gasteiger partial charge in [-0.1, -0.05) is 11.6 Å². The molecule has 1 saturated heterocycles. The van der Waals surface area contributed by atoms with E-state index in [4.69, 9.17) is 16.3 Å². The van der Waals surface area contributed by atoms with Crippen molar-refractivity contribution in [1.29, 1.82) is 0 Å². The van der Waals surface area contributed by atoms with Crippen molar-refractivity contribution in [3.63, 3.8) is 0 Å². The van der Waals surface area contributed by atoms with Gasteiger partial charge in [-0.15, -0.1) is 0 Å². The number of H-pyrrole nitrogens is 1. The molecule has 0 bridgehead atoms. The van der Waals surface area contributed by atoms with Crippen molar-refractivity contribution < 1.29 is 13.2 Å². The van der Waals surface area contributed by atoms with Crippen molar-refractivity contribution in [2.24, 2.45) is 0 Å². The number of hydrogen-bond acceptors (Lipinski definition) is 5. The van der Waals surface area contributed by atoms with Gasteiger partial charge in [0.05, 0.1) is 11.5 Å². The maximum Gasteiger partial charge on any atom is 0.240 e. The molecule has 7 nitrogen and oxygen atoms in total. The molecule has 2 aromatic carbocycles. The topological polar surface area (TPSA) is 86.5 Å². The summed E-state index contributed by atoms with van der Waals surface area (Å²) in [6, 6.07) is 12.9. The number of rotatable bonds is 11. The van der Waals surface area contributed by atoms with Gasteiger partial charge in [0.2, 0.25) is 10.0 Å². The molecule has 1 fully saturated rings. The lowest BCUT2D eigenvalue weighted by atomic mass is 10.1. The Labute approximate surface area is 206 Å². The number of aromatic amines is 1. The highest BCUT2D eigenvalue weighted by molar-refractivity contribution is 7.89. The molecule has 0 radical (unpaired) electrons. The van der Waals surface area contributed by atoms with Crippen LogP contribution in [0.2, 0.25) is 5.02 Å². The first kappa shape index (κ1) is 25.0. The predicted molar refractivity (Wildman–Crippen MR) is 137 cm³/mol. The molecule has 0 aliphatic carbocycles. The Hall–Kier alpha value is -2.10. The smallest absolute Gasteiger partial charge is 0.240 e. The van der Waals surface area contributed by atoms with E-state index >= 15 is 0 Å². The van der Waals surface area contributed by atoms with Crippen molar-refractivity contribution >= 4 is 32.5 Å². The average Bonchev–Trinajstić information content (AvgIpc) is 3.22. The van der Waals surface area contributed by atoms with Crippen LogP contribution in [0.25, 0.3) is 10.9 Å². The van der Waals surface area contributed by atoms with Crippen LogP contribution in [0.4, 0.5) is 0 Å². The van der Waals surface area contributed by atoms with Crippen molar-refractivity contribution in [2.75, 3.05) is 39.3 Å². The minimum atomic E-state index is -3.56. The number of fused-ring (bicyclic) bond motifs is 1. The molecule has 2 heterocycles. The highest BCUT2D eigenvalue weighted by Gasteiger charge is 2.15. The van der Waals surface area contributed by atoms with Crippen molar-refractivity contribution in [1.82, 2.24) is 19.9 Å². The Morgan fingerprint density at radius 1 is 1.18 bits per heavy atom. The average molecular weight is 505 g/mol. The van der Waals surface area contributed by atoms with Gasteiger partial charge in [-0.2, -0.15) is 0 Å². The first-order chi connectivity index (χ1) is 16.4. The van der Waals surface area contributed by atoms with Crippen LogP contribution in [0.1, 0.15) is 25.3 Å². The highest BCUT2D eigenvalue weighted by Crippen LogP contribution is 2.23. The van der Waals surface area contributed by atoms with Gasteiger partial charge in [-0.05, 0) is 74.2 Å². The zero-order chi connectivity index (χ0) is 24.0. The molecule has 1 atom stereocenters. The molecule has 34 heavy (non-hydrogen) atoms. The van der Waals surface area contributed by atoms with Crippen LogP contribution >= 0.6 is 11.6 Å². The summed E-state index contributed by atoms with van der Waals surface area (Å²) in [5, 5.41) is 5.21. The number of ether oxygens (including phenoxy) is 1. The van der Waals surface area contributed by atoms with Crippen LogP contribution in [0.5, 0.6) is 5.75 Å². The van der Waals surface area contributed by atoms with Gasteiger partial charge in [0.15, 0.2) is 0 Å². The molecular weight excluding hydrogens is 472 g/mol. The second kappa shape index (κ2) is 11.6. The van der Waals surface area contributed by atoms with Gasteiger partial charge in [-0.3, -0.25) is 0 Å². The summed E-state index contributed by atoms with van der Waals surface area (Å²) in [6.07, 6.45) is 4.34. The minimum Gasteiger partial charge on any atom is -0.494 e. The monoisotopic (exact) mass is 504 g/mol. The van der Waals surface area contributed by atoms with Crippen LogP contribution in [-0.2, 0) is 16.4 Å². The molecule has 9 heteroatoms. The summed E-state index contributed by atoms with van der Waals surface area (Å²) in [5.74, 6) is 0.686. The Morgan fingerprint density at radius 2 is 2.00 bits per heavy atom. The normalized spacial score (nSPS) is 17.3. The first-order valence-corrected chi connectivity index (χ1v) is 13.7. The second-order valence-electron chi connectivity index (χ2n) is 8.83. The summed E-state index contributed by atoms with van der Waals surface area (Å²) in [6.45, 7) is 7.35. The minimum absolute atomic E-state index is 0.244. The molecule has 0 amide bonds. The molecular formula is C25H33ClN4O3S. The van der Waals surface area contributed by atoms with E-state index in [1.165, 1.54) is 0 Å². The lowest BCUT2D eigenvalue weighted by molar-refractivity contribution is 0.189. The van der Waals surface area contributed by atoms with Crippen LogP contribution in [0.15, 0.2) is 53.6 Å². The van der Waals surface area contributed by atoms with Crippen LogP contribution < -0.4 is 14.8 Å². The molecule has 1 aliphatic rings. The van der Waals surface area contributed by atoms with E-state index in [9.17, 15) is 8.42 Å². The standard InChI is InChI=1S/C25H33ClN4O3S/c1-19-18-30(14-12-27-19)13-3-15-33-22-6-8-23(9-7-22)34(31,32)29-11-2-4-20-17-28-25-10-5-21(26)16-24(20)25/h5-10,16-17,19,27-29H,2-4,11-15,18H2,1H3/t19-/m1/s1. The molecule has 1 aliphatic heterocycles. The van der Waals surface area contributed by atoms with E-state index < -0.39 is 10.0 Å². The van der Waals surface area contributed by atoms with Gasteiger partial charge in [0.1, 0.15) is 5.75 Å². The quantitative estimate of drug-likeness (QED) is 0.346. The molecule has 184 valence electrons. The summed E-state index contributed by atoms with van der Waals surface area (Å²) < 4.78 is 33.8. The summed E-state index contributed by atoms with van der Waals surface area (Å²) in [5.41, 5.74) is 2.16. The van der Waals surface area contributed by atoms with E-state index in [1.807, 2.05) is 24.4 Å². The molecule has 0 spiro atoms. The second-order valence-corrected chi connectivity index (χ2v) is 11.0. The van der Waals surface area contributed by atoms with E-state index in [0.29, 0.717) is 36.4 Å². The van der Waals surface area contributed by atoms with Crippen molar-refractivity contribution in [3.05, 3.63) is 59.2 Å². The fourth-order valence-electron chi connectivity index (χ4n) is 4.33. The number of hydrogen-bond donors (Lipinski definition) is 3. The third-order valence-corrected chi connectivity index (χ3v) is 7.83. The van der Waals surface area contributed by atoms with Gasteiger partial charge in [0.25, 0.3) is 0 Å². The van der Waals surface area contributed by atoms with E-state index in [0.717, 1.165) is 55.5 Å². The maximum absolute atomic E-state index is 12.6. The third-order valence-electron chi connectivity index (χ3n) is 6.12. The number of sulfonamides is 1. The zero-order valence-corrected chi connectivity index (χ0v) is 21.1. The Kier molecular flexibility index (Phi) is 8.50. The van der Waals surface area contributed by atoms with Gasteiger partial charge < -0.3 is 19.9 Å². The summed E-state index contributed by atoms with van der Waals surface area (Å²) in [4.78, 5) is 5.91. The van der Waals surface area contributed by atoms with Gasteiger partial charge in [0, 0.05) is 60.9 Å². The number of nitrogens with one attached hydrogen (secondary N) is 3. The molecule has 1 aromatic heterocycles. The first-order valence-electron chi connectivity index (χ1n) is 11.8. The molecule has 3 aromatic rings. The largest absolute Gasteiger partial charge is 0.494 e. The van der Waals surface area contributed by atoms with Gasteiger partial charge >= 0.3 is 0 Å². The third kappa shape index (κ3) is 6.73. The Morgan fingerprint density at radius 3 is 2.79 bits per heavy atom. The Bertz CT molecular complexity index is 1180. The SMILES string of the molecule is C[C@@H]1CN(CCCOc2ccc(S(=O)(=O)NCCCc3c[nH]c4ccc(Cl)cc34)cc2)CCN1. The number of piperazine rings is 1. The summed E-state index contributed by atoms with van der Waals surface area (Å²) >= 11 is 6.10. The molecule has 3 N–H and O–H groups in total. The van der Waals surface area contributed by atoms with Gasteiger partial charge in [-0.25, -0.2) is 13.1 Å². The number of aromatic nitrogens is 1. The van der Waals surface area contributed by atoms with Crippen LogP contribution in [0, 0.1) is 0 Å². The number of benzene rings is 2. The summed E-state index contributed by atoms with van der Waals surface area (Å²) in [7, 11) is -3.56. The number of aryl methyl sites for hydroxylation is 1. The fourth-order valence-corrected chi connectivity index (χ4v) is 5.58. The predicted octanol–water partition coefficient (Wildman–Crippen LogP) is 3.80. The van der Waals surface area contributed by atoms with Crippen molar-refractivity contribution in [3.8, 4) is 5.75 Å². The molecule has 0 unspecified atom stereocenters. The van der Waals surface area contributed by atoms with E-state index in [1.54, 1.807) is 24.3 Å². The number of halogens is 1. The fraction of sp³-hybridized carbons (Fsp3) is 0.440. The van der Waals surface area contributed by atoms with Crippen LogP contribution in [-0.4, -0.2) is 63.7 Å².